The molecule has 1 saturated heterocycles. The lowest BCUT2D eigenvalue weighted by molar-refractivity contribution is -0.142. The summed E-state index contributed by atoms with van der Waals surface area (Å²) in [5.74, 6) is -2.03. The van der Waals surface area contributed by atoms with Gasteiger partial charge in [-0.3, -0.25) is 19.1 Å². The summed E-state index contributed by atoms with van der Waals surface area (Å²) in [6.07, 6.45) is 4.92. The Labute approximate surface area is 313 Å². The number of halogens is 1. The molecule has 3 heterocycles. The van der Waals surface area contributed by atoms with E-state index in [1.165, 1.54) is 18.2 Å². The van der Waals surface area contributed by atoms with E-state index in [1.807, 2.05) is 19.9 Å². The van der Waals surface area contributed by atoms with Crippen LogP contribution in [-0.4, -0.2) is 103 Å². The second kappa shape index (κ2) is 15.2. The summed E-state index contributed by atoms with van der Waals surface area (Å²) < 4.78 is 58.0. The van der Waals surface area contributed by atoms with Crippen molar-refractivity contribution in [1.29, 1.82) is 0 Å². The number of carbonyl (C=O) groups excluding carboxylic acids is 3. The van der Waals surface area contributed by atoms with Crippen LogP contribution in [0.1, 0.15) is 65.7 Å². The molecule has 0 spiro atoms. The Kier molecular flexibility index (Phi) is 11.0. The van der Waals surface area contributed by atoms with Gasteiger partial charge < -0.3 is 34.9 Å². The molecule has 4 aliphatic rings. The van der Waals surface area contributed by atoms with Gasteiger partial charge in [0.1, 0.15) is 46.6 Å². The number of hydrogen-bond acceptors (Lipinski definition) is 10. The normalized spacial score (nSPS) is 30.1. The summed E-state index contributed by atoms with van der Waals surface area (Å²) in [4.78, 5) is 60.3. The van der Waals surface area contributed by atoms with Crippen LogP contribution in [0.5, 0.6) is 17.4 Å². The molecule has 6 rings (SSSR count). The van der Waals surface area contributed by atoms with E-state index in [-0.39, 0.29) is 44.0 Å². The summed E-state index contributed by atoms with van der Waals surface area (Å²) in [5.41, 5.74) is -1.68. The van der Waals surface area contributed by atoms with Crippen molar-refractivity contribution in [2.75, 3.05) is 26.9 Å². The molecule has 2 saturated carbocycles. The Bertz CT molecular complexity index is 1940. The smallest absolute Gasteiger partial charge is 0.405 e. The van der Waals surface area contributed by atoms with Gasteiger partial charge in [0.25, 0.3) is 5.91 Å². The number of rotatable bonds is 10. The van der Waals surface area contributed by atoms with Gasteiger partial charge in [-0.05, 0) is 75.5 Å². The SMILES string of the molecule is CCOc1cnc(O[C@@H]2C[C@H]3C(=O)N[C@]4(C(=O)NS(=O)(=O)C5(CF)CC5)C[C@H]4/C=C\CC[C@@H](C)C[C@@H](C)[C@H](NC(=O)O)C(=O)N3C2)c2ccc(OC)cc12. The Hall–Kier alpha value is -4.67. The van der Waals surface area contributed by atoms with Crippen molar-refractivity contribution in [3.8, 4) is 17.4 Å². The molecule has 17 heteroatoms. The molecule has 0 radical (unpaired) electrons. The minimum Gasteiger partial charge on any atom is -0.497 e. The van der Waals surface area contributed by atoms with Gasteiger partial charge in [0, 0.05) is 23.1 Å². The summed E-state index contributed by atoms with van der Waals surface area (Å²) in [7, 11) is -2.86. The number of carbonyl (C=O) groups is 4. The van der Waals surface area contributed by atoms with E-state index in [2.05, 4.69) is 20.3 Å². The second-order valence-electron chi connectivity index (χ2n) is 15.0. The van der Waals surface area contributed by atoms with Crippen LogP contribution in [0.2, 0.25) is 0 Å². The fourth-order valence-corrected chi connectivity index (χ4v) is 9.13. The van der Waals surface area contributed by atoms with Gasteiger partial charge in [-0.15, -0.1) is 0 Å². The molecule has 1 aromatic carbocycles. The highest BCUT2D eigenvalue weighted by Crippen LogP contribution is 2.48. The predicted octanol–water partition coefficient (Wildman–Crippen LogP) is 3.46. The molecular formula is C37H48FN5O10S. The molecule has 1 aromatic heterocycles. The highest BCUT2D eigenvalue weighted by atomic mass is 32.2. The molecule has 2 aliphatic carbocycles. The number of methoxy groups -OCH3 is 1. The maximum absolute atomic E-state index is 14.4. The second-order valence-corrected chi connectivity index (χ2v) is 17.1. The van der Waals surface area contributed by atoms with Gasteiger partial charge in [0.2, 0.25) is 27.7 Å². The third kappa shape index (κ3) is 7.64. The number of alkyl halides is 1. The standard InChI is InChI=1S/C37H48FN5O10S/c1-5-52-29-18-39-32(26-11-10-24(51-4)15-27(26)29)53-25-16-28-31(44)41-37(34(46)42-54(49,50)36(20-38)12-13-36)17-23(37)9-7-6-8-21(2)14-22(3)30(40-35(47)48)33(45)43(28)19-25/h7,9-11,15,18,21-23,25,28,30,40H,5-6,8,12-14,16-17,19-20H2,1-4H3,(H,41,44)(H,42,46)(H,47,48)/b9-7-/t21-,22-,23-,25-,28+,30+,37-/m1/s1. The zero-order valence-electron chi connectivity index (χ0n) is 30.8. The average molecular weight is 774 g/mol. The molecule has 4 N–H and O–H groups in total. The zero-order valence-corrected chi connectivity index (χ0v) is 31.6. The van der Waals surface area contributed by atoms with Crippen LogP contribution in [0.15, 0.2) is 36.5 Å². The molecule has 0 bridgehead atoms. The maximum Gasteiger partial charge on any atom is 0.405 e. The highest BCUT2D eigenvalue weighted by Gasteiger charge is 2.64. The minimum absolute atomic E-state index is 0.0594. The van der Waals surface area contributed by atoms with Crippen LogP contribution in [-0.2, 0) is 24.4 Å². The molecule has 2 aliphatic heterocycles. The van der Waals surface area contributed by atoms with Crippen molar-refractivity contribution in [2.45, 2.75) is 94.2 Å². The van der Waals surface area contributed by atoms with Crippen molar-refractivity contribution < 1.29 is 51.3 Å². The first-order chi connectivity index (χ1) is 25.7. The van der Waals surface area contributed by atoms with E-state index >= 15 is 0 Å². The molecule has 7 atom stereocenters. The van der Waals surface area contributed by atoms with Gasteiger partial charge in [0.15, 0.2) is 0 Å². The number of fused-ring (bicyclic) bond motifs is 3. The third-order valence-electron chi connectivity index (χ3n) is 11.1. The van der Waals surface area contributed by atoms with Crippen molar-refractivity contribution in [1.82, 2.24) is 25.2 Å². The number of hydrogen-bond donors (Lipinski definition) is 4. The Morgan fingerprint density at radius 2 is 1.93 bits per heavy atom. The molecule has 54 heavy (non-hydrogen) atoms. The summed E-state index contributed by atoms with van der Waals surface area (Å²) in [5, 5.41) is 16.2. The molecule has 294 valence electrons. The lowest BCUT2D eigenvalue weighted by Crippen LogP contribution is -2.59. The molecular weight excluding hydrogens is 725 g/mol. The fraction of sp³-hybridized carbons (Fsp3) is 0.595. The number of benzene rings is 1. The lowest BCUT2D eigenvalue weighted by Gasteiger charge is -2.32. The van der Waals surface area contributed by atoms with Gasteiger partial charge in [-0.1, -0.05) is 26.0 Å². The van der Waals surface area contributed by atoms with Crippen LogP contribution >= 0.6 is 0 Å². The van der Waals surface area contributed by atoms with Gasteiger partial charge in [-0.2, -0.15) is 0 Å². The molecule has 0 unspecified atom stereocenters. The number of aromatic nitrogens is 1. The van der Waals surface area contributed by atoms with Crippen molar-refractivity contribution in [3.63, 3.8) is 0 Å². The van der Waals surface area contributed by atoms with Gasteiger partial charge in [0.05, 0.1) is 26.5 Å². The largest absolute Gasteiger partial charge is 0.497 e. The number of amides is 4. The van der Waals surface area contributed by atoms with Crippen molar-refractivity contribution in [3.05, 3.63) is 36.5 Å². The van der Waals surface area contributed by atoms with E-state index in [9.17, 15) is 37.1 Å². The third-order valence-corrected chi connectivity index (χ3v) is 13.3. The number of ether oxygens (including phenoxy) is 3. The quantitative estimate of drug-likeness (QED) is 0.258. The Balaban J connectivity index is 1.35. The summed E-state index contributed by atoms with van der Waals surface area (Å²) in [6.45, 7) is 4.73. The predicted molar refractivity (Wildman–Crippen MR) is 194 cm³/mol. The van der Waals surface area contributed by atoms with Crippen LogP contribution < -0.4 is 29.6 Å². The Morgan fingerprint density at radius 3 is 2.59 bits per heavy atom. The first-order valence-electron chi connectivity index (χ1n) is 18.3. The Morgan fingerprint density at radius 1 is 1.17 bits per heavy atom. The van der Waals surface area contributed by atoms with E-state index < -0.39 is 80.8 Å². The number of nitrogens with one attached hydrogen (secondary N) is 3. The van der Waals surface area contributed by atoms with Crippen molar-refractivity contribution in [2.24, 2.45) is 17.8 Å². The number of sulfonamides is 1. The summed E-state index contributed by atoms with van der Waals surface area (Å²) in [6, 6.07) is 2.82. The summed E-state index contributed by atoms with van der Waals surface area (Å²) >= 11 is 0. The van der Waals surface area contributed by atoms with Crippen LogP contribution in [0.3, 0.4) is 0 Å². The number of pyridine rings is 1. The van der Waals surface area contributed by atoms with Crippen LogP contribution in [0, 0.1) is 17.8 Å². The van der Waals surface area contributed by atoms with E-state index in [0.717, 1.165) is 0 Å². The zero-order chi connectivity index (χ0) is 39.0. The first kappa shape index (κ1) is 39.0. The number of carboxylic acid groups (broad SMARTS) is 1. The highest BCUT2D eigenvalue weighted by molar-refractivity contribution is 7.91. The van der Waals surface area contributed by atoms with E-state index in [1.54, 1.807) is 31.2 Å². The first-order valence-corrected chi connectivity index (χ1v) is 19.8. The molecule has 4 amide bonds. The van der Waals surface area contributed by atoms with Crippen LogP contribution in [0.25, 0.3) is 10.8 Å². The van der Waals surface area contributed by atoms with Crippen molar-refractivity contribution >= 4 is 44.6 Å². The minimum atomic E-state index is -4.40. The maximum atomic E-state index is 14.4. The number of allylic oxidation sites excluding steroid dienone is 1. The number of nitrogens with zero attached hydrogens (tertiary/aromatic N) is 2. The monoisotopic (exact) mass is 773 g/mol. The van der Waals surface area contributed by atoms with Crippen LogP contribution in [0.4, 0.5) is 9.18 Å². The van der Waals surface area contributed by atoms with Gasteiger partial charge in [-0.25, -0.2) is 22.6 Å². The molecule has 2 aromatic rings. The topological polar surface area (TPSA) is 203 Å². The fourth-order valence-electron chi connectivity index (χ4n) is 7.70. The van der Waals surface area contributed by atoms with E-state index in [4.69, 9.17) is 14.2 Å². The van der Waals surface area contributed by atoms with E-state index in [0.29, 0.717) is 48.1 Å². The molecule has 15 nitrogen and oxygen atoms in total. The lowest BCUT2D eigenvalue weighted by atomic mass is 9.88. The van der Waals surface area contributed by atoms with Gasteiger partial charge >= 0.3 is 6.09 Å². The average Bonchev–Trinajstić information content (AvgIpc) is 4.04. The molecule has 3 fully saturated rings.